The average Bonchev–Trinajstić information content (AvgIpc) is 3.43. The van der Waals surface area contributed by atoms with Crippen LogP contribution in [0.1, 0.15) is 41.9 Å². The van der Waals surface area contributed by atoms with Gasteiger partial charge >= 0.3 is 0 Å². The van der Waals surface area contributed by atoms with Gasteiger partial charge in [0.1, 0.15) is 11.3 Å². The number of hydrogen-bond acceptors (Lipinski definition) is 5. The second-order valence-electron chi connectivity index (χ2n) is 7.72. The monoisotopic (exact) mass is 439 g/mol. The predicted octanol–water partition coefficient (Wildman–Crippen LogP) is 4.61. The molecule has 1 aliphatic heterocycles. The van der Waals surface area contributed by atoms with E-state index in [2.05, 4.69) is 15.2 Å². The summed E-state index contributed by atoms with van der Waals surface area (Å²) in [6, 6.07) is 9.34. The first-order valence-electron chi connectivity index (χ1n) is 10.0. The Kier molecular flexibility index (Phi) is 4.94. The molecule has 0 N–H and O–H groups in total. The zero-order valence-electron chi connectivity index (χ0n) is 16.7. The number of oxazole rings is 1. The molecular weight excluding hydrogens is 421 g/mol. The topological polar surface area (TPSA) is 77.0 Å². The highest BCUT2D eigenvalue weighted by Crippen LogP contribution is 2.33. The Balaban J connectivity index is 1.47. The van der Waals surface area contributed by atoms with Gasteiger partial charge in [0.25, 0.3) is 5.91 Å². The van der Waals surface area contributed by atoms with Gasteiger partial charge in [-0.1, -0.05) is 11.6 Å². The van der Waals surface area contributed by atoms with Gasteiger partial charge in [-0.25, -0.2) is 9.37 Å². The maximum atomic E-state index is 14.0. The number of nitrogens with zero attached hydrogens (tertiary/aromatic N) is 5. The van der Waals surface area contributed by atoms with E-state index in [9.17, 15) is 9.18 Å². The number of aromatic nitrogens is 4. The molecule has 7 nitrogen and oxygen atoms in total. The number of carbonyl (C=O) groups excluding carboxylic acids is 1. The van der Waals surface area contributed by atoms with Crippen LogP contribution < -0.4 is 0 Å². The van der Waals surface area contributed by atoms with Crippen LogP contribution in [0.25, 0.3) is 16.8 Å². The number of benzene rings is 2. The molecule has 2 aromatic heterocycles. The molecule has 0 spiro atoms. The second kappa shape index (κ2) is 7.77. The number of rotatable bonds is 3. The zero-order chi connectivity index (χ0) is 21.5. The molecule has 0 bridgehead atoms. The van der Waals surface area contributed by atoms with Crippen molar-refractivity contribution in [1.29, 1.82) is 0 Å². The fourth-order valence-electron chi connectivity index (χ4n) is 4.03. The third-order valence-electron chi connectivity index (χ3n) is 5.68. The first-order valence-corrected chi connectivity index (χ1v) is 10.4. The van der Waals surface area contributed by atoms with Crippen LogP contribution in [0.4, 0.5) is 4.39 Å². The van der Waals surface area contributed by atoms with E-state index < -0.39 is 5.82 Å². The molecule has 9 heteroatoms. The minimum Gasteiger partial charge on any atom is -0.440 e. The summed E-state index contributed by atoms with van der Waals surface area (Å²) in [7, 11) is 0. The van der Waals surface area contributed by atoms with E-state index in [1.165, 1.54) is 35.4 Å². The molecule has 1 fully saturated rings. The molecule has 1 saturated heterocycles. The van der Waals surface area contributed by atoms with E-state index in [-0.39, 0.29) is 23.4 Å². The molecule has 2 unspecified atom stereocenters. The van der Waals surface area contributed by atoms with Crippen molar-refractivity contribution in [2.24, 2.45) is 0 Å². The minimum atomic E-state index is -0.490. The molecule has 0 aliphatic carbocycles. The lowest BCUT2D eigenvalue weighted by Gasteiger charge is -2.37. The lowest BCUT2D eigenvalue weighted by molar-refractivity contribution is 0.0597. The first-order chi connectivity index (χ1) is 15.0. The Morgan fingerprint density at radius 2 is 1.97 bits per heavy atom. The van der Waals surface area contributed by atoms with Crippen LogP contribution in [-0.4, -0.2) is 43.4 Å². The van der Waals surface area contributed by atoms with Gasteiger partial charge in [-0.05, 0) is 56.2 Å². The Morgan fingerprint density at radius 3 is 2.77 bits per heavy atom. The van der Waals surface area contributed by atoms with Gasteiger partial charge in [0.05, 0.1) is 29.6 Å². The Morgan fingerprint density at radius 1 is 1.16 bits per heavy atom. The average molecular weight is 440 g/mol. The van der Waals surface area contributed by atoms with Crippen molar-refractivity contribution in [2.45, 2.75) is 31.7 Å². The van der Waals surface area contributed by atoms with E-state index in [0.717, 1.165) is 12.8 Å². The van der Waals surface area contributed by atoms with E-state index in [4.69, 9.17) is 16.0 Å². The van der Waals surface area contributed by atoms with Gasteiger partial charge in [-0.2, -0.15) is 15.0 Å². The van der Waals surface area contributed by atoms with Crippen molar-refractivity contribution >= 4 is 28.6 Å². The predicted molar refractivity (Wildman–Crippen MR) is 113 cm³/mol. The summed E-state index contributed by atoms with van der Waals surface area (Å²) in [5.74, 6) is -0.249. The summed E-state index contributed by atoms with van der Waals surface area (Å²) in [4.78, 5) is 21.2. The third kappa shape index (κ3) is 3.67. The molecule has 0 saturated carbocycles. The molecule has 1 aliphatic rings. The van der Waals surface area contributed by atoms with Crippen molar-refractivity contribution in [3.05, 3.63) is 71.1 Å². The minimum absolute atomic E-state index is 0.00993. The number of amides is 1. The van der Waals surface area contributed by atoms with Gasteiger partial charge in [-0.3, -0.25) is 4.79 Å². The highest BCUT2D eigenvalue weighted by atomic mass is 35.5. The van der Waals surface area contributed by atoms with Crippen molar-refractivity contribution in [1.82, 2.24) is 24.9 Å². The quantitative estimate of drug-likeness (QED) is 0.466. The van der Waals surface area contributed by atoms with Crippen molar-refractivity contribution in [2.75, 3.05) is 6.54 Å². The third-order valence-corrected chi connectivity index (χ3v) is 5.92. The van der Waals surface area contributed by atoms with Crippen LogP contribution in [-0.2, 0) is 0 Å². The van der Waals surface area contributed by atoms with E-state index in [1.54, 1.807) is 23.1 Å². The van der Waals surface area contributed by atoms with Crippen LogP contribution in [0.2, 0.25) is 5.02 Å². The summed E-state index contributed by atoms with van der Waals surface area (Å²) >= 11 is 6.06. The van der Waals surface area contributed by atoms with Crippen molar-refractivity contribution < 1.29 is 13.6 Å². The van der Waals surface area contributed by atoms with Crippen molar-refractivity contribution in [3.8, 4) is 5.69 Å². The standard InChI is InChI=1S/C22H19ClFN5O2/c1-13-2-3-14(21-27-18-10-15(23)4-7-20(18)31-21)12-28(13)22(30)17-11-16(24)5-6-19(17)29-25-8-9-26-29/h4-11,13-14H,2-3,12H2,1H3. The van der Waals surface area contributed by atoms with Gasteiger partial charge in [0.15, 0.2) is 11.5 Å². The normalized spacial score (nSPS) is 19.1. The summed E-state index contributed by atoms with van der Waals surface area (Å²) in [6.07, 6.45) is 4.64. The number of carbonyl (C=O) groups is 1. The Labute approximate surface area is 182 Å². The lowest BCUT2D eigenvalue weighted by atomic mass is 9.92. The van der Waals surface area contributed by atoms with Crippen LogP contribution >= 0.6 is 11.6 Å². The molecule has 2 aromatic carbocycles. The van der Waals surface area contributed by atoms with Crippen LogP contribution in [0.3, 0.4) is 0 Å². The maximum Gasteiger partial charge on any atom is 0.256 e. The maximum absolute atomic E-state index is 14.0. The fourth-order valence-corrected chi connectivity index (χ4v) is 4.20. The first kappa shape index (κ1) is 19.7. The van der Waals surface area contributed by atoms with Gasteiger partial charge < -0.3 is 9.32 Å². The second-order valence-corrected chi connectivity index (χ2v) is 8.16. The highest BCUT2D eigenvalue weighted by Gasteiger charge is 2.34. The number of likely N-dealkylation sites (tertiary alicyclic amines) is 1. The van der Waals surface area contributed by atoms with Crippen molar-refractivity contribution in [3.63, 3.8) is 0 Å². The molecule has 31 heavy (non-hydrogen) atoms. The molecule has 5 rings (SSSR count). The largest absolute Gasteiger partial charge is 0.440 e. The SMILES string of the molecule is CC1CCC(c2nc3cc(Cl)ccc3o2)CN1C(=O)c1cc(F)ccc1-n1nccn1. The highest BCUT2D eigenvalue weighted by molar-refractivity contribution is 6.31. The van der Waals surface area contributed by atoms with Crippen LogP contribution in [0.15, 0.2) is 53.2 Å². The van der Waals surface area contributed by atoms with Crippen LogP contribution in [0.5, 0.6) is 0 Å². The number of halogens is 2. The van der Waals surface area contributed by atoms with Gasteiger partial charge in [0.2, 0.25) is 0 Å². The zero-order valence-corrected chi connectivity index (χ0v) is 17.5. The van der Waals surface area contributed by atoms with Gasteiger partial charge in [-0.15, -0.1) is 0 Å². The van der Waals surface area contributed by atoms with Gasteiger partial charge in [0, 0.05) is 17.6 Å². The number of piperidine rings is 1. The lowest BCUT2D eigenvalue weighted by Crippen LogP contribution is -2.45. The summed E-state index contributed by atoms with van der Waals surface area (Å²) < 4.78 is 20.0. The molecule has 0 radical (unpaired) electrons. The molecule has 3 heterocycles. The Hall–Kier alpha value is -3.26. The summed E-state index contributed by atoms with van der Waals surface area (Å²) in [5, 5.41) is 8.78. The fraction of sp³-hybridized carbons (Fsp3) is 0.273. The van der Waals surface area contributed by atoms with Crippen LogP contribution in [0, 0.1) is 5.82 Å². The summed E-state index contributed by atoms with van der Waals surface area (Å²) in [6.45, 7) is 2.41. The Bertz CT molecular complexity index is 1260. The molecule has 2 atom stereocenters. The molecule has 158 valence electrons. The molecule has 1 amide bonds. The van der Waals surface area contributed by atoms with E-state index >= 15 is 0 Å². The number of hydrogen-bond donors (Lipinski definition) is 0. The molecular formula is C22H19ClFN5O2. The summed E-state index contributed by atoms with van der Waals surface area (Å²) in [5.41, 5.74) is 2.00. The smallest absolute Gasteiger partial charge is 0.256 e. The molecule has 4 aromatic rings. The number of fused-ring (bicyclic) bond motifs is 1. The van der Waals surface area contributed by atoms with E-state index in [1.807, 2.05) is 6.92 Å². The van der Waals surface area contributed by atoms with E-state index in [0.29, 0.717) is 34.2 Å².